The Kier molecular flexibility index (Phi) is 5.04. The van der Waals surface area contributed by atoms with E-state index in [0.29, 0.717) is 19.0 Å². The Morgan fingerprint density at radius 3 is 2.48 bits per heavy atom. The highest BCUT2D eigenvalue weighted by Gasteiger charge is 2.26. The Bertz CT molecular complexity index is 1000. The summed E-state index contributed by atoms with van der Waals surface area (Å²) in [6.07, 6.45) is 0. The molecule has 4 rings (SSSR count). The molecule has 0 aliphatic carbocycles. The predicted octanol–water partition coefficient (Wildman–Crippen LogP) is 0.659. The average Bonchev–Trinajstić information content (AvgIpc) is 3.24. The molecule has 150 valence electrons. The molecule has 1 aliphatic rings. The van der Waals surface area contributed by atoms with Gasteiger partial charge in [-0.05, 0) is 19.2 Å². The van der Waals surface area contributed by atoms with Crippen molar-refractivity contribution in [3.63, 3.8) is 0 Å². The molecule has 3 heterocycles. The van der Waals surface area contributed by atoms with E-state index in [4.69, 9.17) is 10.3 Å². The number of anilines is 3. The zero-order chi connectivity index (χ0) is 20.4. The highest BCUT2D eigenvalue weighted by atomic mass is 16.5. The number of carbonyl (C=O) groups excluding carboxylic acids is 1. The summed E-state index contributed by atoms with van der Waals surface area (Å²) in [5, 5.41) is 3.86. The van der Waals surface area contributed by atoms with Crippen LogP contribution in [0.3, 0.4) is 0 Å². The monoisotopic (exact) mass is 395 g/mol. The van der Waals surface area contributed by atoms with Gasteiger partial charge >= 0.3 is 11.8 Å². The standard InChI is InChI=1S/C18H21N9O2/c1-25-8-10-27(11-9-25)16(28)15-20-14(24-29-15)13-21-17(19)23-18(22-13)26(2)12-6-4-3-5-7-12/h3-7H,8-11H2,1-2H3,(H2,19,21,22,23). The summed E-state index contributed by atoms with van der Waals surface area (Å²) >= 11 is 0. The highest BCUT2D eigenvalue weighted by molar-refractivity contribution is 5.90. The minimum absolute atomic E-state index is 0.0181. The first-order chi connectivity index (χ1) is 14.0. The van der Waals surface area contributed by atoms with Crippen molar-refractivity contribution in [3.8, 4) is 11.6 Å². The molecular weight excluding hydrogens is 374 g/mol. The zero-order valence-electron chi connectivity index (χ0n) is 16.2. The molecule has 29 heavy (non-hydrogen) atoms. The fraction of sp³-hybridized carbons (Fsp3) is 0.333. The van der Waals surface area contributed by atoms with Crippen LogP contribution in [0.5, 0.6) is 0 Å². The lowest BCUT2D eigenvalue weighted by molar-refractivity contribution is 0.0615. The van der Waals surface area contributed by atoms with Crippen LogP contribution in [-0.4, -0.2) is 81.1 Å². The van der Waals surface area contributed by atoms with Crippen LogP contribution >= 0.6 is 0 Å². The normalized spacial score (nSPS) is 14.8. The van der Waals surface area contributed by atoms with Gasteiger partial charge < -0.3 is 25.0 Å². The number of carbonyl (C=O) groups is 1. The molecule has 0 spiro atoms. The molecule has 0 radical (unpaired) electrons. The molecule has 3 aromatic rings. The second-order valence-corrected chi connectivity index (χ2v) is 6.73. The van der Waals surface area contributed by atoms with Gasteiger partial charge in [0, 0.05) is 38.9 Å². The number of hydrogen-bond acceptors (Lipinski definition) is 10. The second kappa shape index (κ2) is 7.80. The molecule has 0 saturated carbocycles. The number of nitrogen functional groups attached to an aromatic ring is 1. The van der Waals surface area contributed by atoms with Crippen molar-refractivity contribution in [2.45, 2.75) is 0 Å². The first-order valence-corrected chi connectivity index (χ1v) is 9.13. The smallest absolute Gasteiger partial charge is 0.316 e. The number of benzene rings is 1. The zero-order valence-corrected chi connectivity index (χ0v) is 16.2. The third-order valence-electron chi connectivity index (χ3n) is 4.68. The maximum Gasteiger partial charge on any atom is 0.316 e. The summed E-state index contributed by atoms with van der Waals surface area (Å²) in [5.74, 6) is 0.165. The first kappa shape index (κ1) is 18.7. The van der Waals surface area contributed by atoms with E-state index in [1.165, 1.54) is 0 Å². The number of hydrogen-bond donors (Lipinski definition) is 1. The van der Waals surface area contributed by atoms with Crippen molar-refractivity contribution in [1.29, 1.82) is 0 Å². The minimum atomic E-state index is -0.305. The molecule has 11 heteroatoms. The summed E-state index contributed by atoms with van der Waals surface area (Å²) in [6.45, 7) is 2.81. The van der Waals surface area contributed by atoms with Gasteiger partial charge in [0.05, 0.1) is 0 Å². The first-order valence-electron chi connectivity index (χ1n) is 9.13. The maximum absolute atomic E-state index is 12.6. The summed E-state index contributed by atoms with van der Waals surface area (Å²) in [4.78, 5) is 35.0. The number of nitrogens with zero attached hydrogens (tertiary/aromatic N) is 8. The third kappa shape index (κ3) is 3.99. The van der Waals surface area contributed by atoms with E-state index in [0.717, 1.165) is 18.8 Å². The van der Waals surface area contributed by atoms with E-state index in [2.05, 4.69) is 30.0 Å². The summed E-state index contributed by atoms with van der Waals surface area (Å²) in [5.41, 5.74) is 6.73. The van der Waals surface area contributed by atoms with Crippen LogP contribution in [0.2, 0.25) is 0 Å². The number of aromatic nitrogens is 5. The van der Waals surface area contributed by atoms with E-state index in [1.807, 2.05) is 44.4 Å². The van der Waals surface area contributed by atoms with Crippen LogP contribution in [0, 0.1) is 0 Å². The quantitative estimate of drug-likeness (QED) is 0.672. The van der Waals surface area contributed by atoms with E-state index >= 15 is 0 Å². The lowest BCUT2D eigenvalue weighted by Crippen LogP contribution is -2.47. The Morgan fingerprint density at radius 1 is 1.03 bits per heavy atom. The molecule has 2 aromatic heterocycles. The average molecular weight is 395 g/mol. The Labute approximate surface area is 167 Å². The van der Waals surface area contributed by atoms with Gasteiger partial charge in [-0.1, -0.05) is 23.4 Å². The van der Waals surface area contributed by atoms with Gasteiger partial charge in [-0.2, -0.15) is 19.9 Å². The number of para-hydroxylation sites is 1. The van der Waals surface area contributed by atoms with Crippen LogP contribution in [-0.2, 0) is 0 Å². The number of piperazine rings is 1. The lowest BCUT2D eigenvalue weighted by atomic mass is 10.3. The van der Waals surface area contributed by atoms with Crippen molar-refractivity contribution in [2.75, 3.05) is 50.9 Å². The van der Waals surface area contributed by atoms with Crippen LogP contribution in [0.15, 0.2) is 34.9 Å². The molecule has 1 saturated heterocycles. The Hall–Kier alpha value is -3.60. The predicted molar refractivity (Wildman–Crippen MR) is 105 cm³/mol. The fourth-order valence-electron chi connectivity index (χ4n) is 2.94. The fourth-order valence-corrected chi connectivity index (χ4v) is 2.94. The molecule has 11 nitrogen and oxygen atoms in total. The molecule has 0 unspecified atom stereocenters. The Morgan fingerprint density at radius 2 is 1.76 bits per heavy atom. The summed E-state index contributed by atoms with van der Waals surface area (Å²) in [7, 11) is 3.83. The molecule has 1 aromatic carbocycles. The van der Waals surface area contributed by atoms with Gasteiger partial charge in [0.2, 0.25) is 23.5 Å². The van der Waals surface area contributed by atoms with Gasteiger partial charge in [0.15, 0.2) is 0 Å². The van der Waals surface area contributed by atoms with E-state index in [1.54, 1.807) is 9.80 Å². The van der Waals surface area contributed by atoms with Crippen LogP contribution in [0.25, 0.3) is 11.6 Å². The second-order valence-electron chi connectivity index (χ2n) is 6.73. The van der Waals surface area contributed by atoms with Gasteiger partial charge in [-0.25, -0.2) is 0 Å². The van der Waals surface area contributed by atoms with Crippen molar-refractivity contribution < 1.29 is 9.32 Å². The SMILES string of the molecule is CN1CCN(C(=O)c2nc(-c3nc(N)nc(N(C)c4ccccc4)n3)no2)CC1. The van der Waals surface area contributed by atoms with E-state index < -0.39 is 0 Å². The Balaban J connectivity index is 1.58. The molecule has 1 fully saturated rings. The molecular formula is C18H21N9O2. The van der Waals surface area contributed by atoms with Gasteiger partial charge in [0.25, 0.3) is 0 Å². The van der Waals surface area contributed by atoms with Crippen LogP contribution in [0.4, 0.5) is 17.6 Å². The van der Waals surface area contributed by atoms with Crippen LogP contribution in [0.1, 0.15) is 10.7 Å². The third-order valence-corrected chi connectivity index (χ3v) is 4.68. The number of nitrogens with two attached hydrogens (primary N) is 1. The lowest BCUT2D eigenvalue weighted by Gasteiger charge is -2.31. The van der Waals surface area contributed by atoms with Crippen LogP contribution < -0.4 is 10.6 Å². The van der Waals surface area contributed by atoms with Gasteiger partial charge in [-0.3, -0.25) is 4.79 Å². The summed E-state index contributed by atoms with van der Waals surface area (Å²) in [6, 6.07) is 9.57. The number of rotatable bonds is 4. The van der Waals surface area contributed by atoms with E-state index in [-0.39, 0.29) is 29.4 Å². The molecule has 2 N–H and O–H groups in total. The van der Waals surface area contributed by atoms with Gasteiger partial charge in [-0.15, -0.1) is 0 Å². The highest BCUT2D eigenvalue weighted by Crippen LogP contribution is 2.22. The number of amides is 1. The molecule has 1 aliphatic heterocycles. The minimum Gasteiger partial charge on any atom is -0.368 e. The summed E-state index contributed by atoms with van der Waals surface area (Å²) < 4.78 is 5.17. The number of likely N-dealkylation sites (N-methyl/N-ethyl adjacent to an activating group) is 1. The van der Waals surface area contributed by atoms with Crippen molar-refractivity contribution in [2.24, 2.45) is 0 Å². The molecule has 1 amide bonds. The van der Waals surface area contributed by atoms with Crippen molar-refractivity contribution >= 4 is 23.5 Å². The van der Waals surface area contributed by atoms with Crippen molar-refractivity contribution in [1.82, 2.24) is 34.9 Å². The van der Waals surface area contributed by atoms with Crippen molar-refractivity contribution in [3.05, 3.63) is 36.2 Å². The molecule has 0 bridgehead atoms. The van der Waals surface area contributed by atoms with E-state index in [9.17, 15) is 4.79 Å². The topological polar surface area (TPSA) is 130 Å². The van der Waals surface area contributed by atoms with Gasteiger partial charge in [0.1, 0.15) is 0 Å². The molecule has 0 atom stereocenters. The largest absolute Gasteiger partial charge is 0.368 e. The maximum atomic E-state index is 12.6.